The van der Waals surface area contributed by atoms with Gasteiger partial charge in [0.1, 0.15) is 5.82 Å². The fourth-order valence-corrected chi connectivity index (χ4v) is 2.93. The minimum atomic E-state index is 0.359. The Balaban J connectivity index is 2.32. The van der Waals surface area contributed by atoms with Gasteiger partial charge in [0.15, 0.2) is 0 Å². The van der Waals surface area contributed by atoms with E-state index in [1.165, 1.54) is 0 Å². The van der Waals surface area contributed by atoms with Gasteiger partial charge in [-0.3, -0.25) is 4.57 Å². The average molecular weight is 403 g/mol. The van der Waals surface area contributed by atoms with Gasteiger partial charge in [-0.1, -0.05) is 17.7 Å². The zero-order valence-corrected chi connectivity index (χ0v) is 13.4. The molecule has 0 aliphatic carbocycles. The third-order valence-electron chi connectivity index (χ3n) is 2.87. The van der Waals surface area contributed by atoms with Crippen LogP contribution < -0.4 is 0 Å². The van der Waals surface area contributed by atoms with E-state index in [9.17, 15) is 0 Å². The van der Waals surface area contributed by atoms with E-state index in [1.54, 1.807) is 0 Å². The number of halogens is 3. The molecule has 0 N–H and O–H groups in total. The van der Waals surface area contributed by atoms with E-state index in [-0.39, 0.29) is 0 Å². The van der Waals surface area contributed by atoms with Crippen LogP contribution in [0.4, 0.5) is 0 Å². The molecule has 19 heavy (non-hydrogen) atoms. The molecule has 0 bridgehead atoms. The zero-order valence-electron chi connectivity index (χ0n) is 9.78. The largest absolute Gasteiger partial charge is 0.295 e. The summed E-state index contributed by atoms with van der Waals surface area (Å²) in [5.74, 6) is 1.18. The molecule has 0 spiro atoms. The number of benzene rings is 2. The Morgan fingerprint density at radius 2 is 2.00 bits per heavy atom. The standard InChI is InChI=1S/C14H9Cl2IN2/c15-8-14-18-12-7-10(17)4-5-13(12)19(14)11-3-1-2-9(16)6-11/h1-7H,8H2. The van der Waals surface area contributed by atoms with Crippen LogP contribution in [0.2, 0.25) is 5.02 Å². The first kappa shape index (κ1) is 13.2. The smallest absolute Gasteiger partial charge is 0.129 e. The van der Waals surface area contributed by atoms with Gasteiger partial charge in [0.25, 0.3) is 0 Å². The van der Waals surface area contributed by atoms with Crippen LogP contribution in [-0.4, -0.2) is 9.55 Å². The van der Waals surface area contributed by atoms with Gasteiger partial charge in [-0.2, -0.15) is 0 Å². The van der Waals surface area contributed by atoms with Gasteiger partial charge in [0.05, 0.1) is 16.9 Å². The van der Waals surface area contributed by atoms with Crippen LogP contribution >= 0.6 is 45.8 Å². The van der Waals surface area contributed by atoms with Gasteiger partial charge in [0.2, 0.25) is 0 Å². The van der Waals surface area contributed by atoms with Gasteiger partial charge in [-0.05, 0) is 59.0 Å². The maximum absolute atomic E-state index is 6.07. The van der Waals surface area contributed by atoms with Gasteiger partial charge in [-0.15, -0.1) is 11.6 Å². The lowest BCUT2D eigenvalue weighted by atomic mass is 10.3. The van der Waals surface area contributed by atoms with E-state index in [0.717, 1.165) is 26.1 Å². The van der Waals surface area contributed by atoms with E-state index < -0.39 is 0 Å². The minimum Gasteiger partial charge on any atom is -0.295 e. The maximum atomic E-state index is 6.07. The normalized spacial score (nSPS) is 11.1. The molecule has 0 amide bonds. The van der Waals surface area contributed by atoms with Gasteiger partial charge >= 0.3 is 0 Å². The summed E-state index contributed by atoms with van der Waals surface area (Å²) in [4.78, 5) is 4.58. The van der Waals surface area contributed by atoms with Crippen LogP contribution in [0.1, 0.15) is 5.82 Å². The molecule has 2 aromatic carbocycles. The quantitative estimate of drug-likeness (QED) is 0.434. The molecule has 2 nitrogen and oxygen atoms in total. The van der Waals surface area contributed by atoms with Gasteiger partial charge in [-0.25, -0.2) is 4.98 Å². The Bertz CT molecular complexity index is 752. The van der Waals surface area contributed by atoms with Crippen LogP contribution in [0.25, 0.3) is 16.7 Å². The summed E-state index contributed by atoms with van der Waals surface area (Å²) in [6.45, 7) is 0. The van der Waals surface area contributed by atoms with Crippen molar-refractivity contribution < 1.29 is 0 Å². The molecule has 0 atom stereocenters. The van der Waals surface area contributed by atoms with Crippen LogP contribution in [-0.2, 0) is 5.88 Å². The lowest BCUT2D eigenvalue weighted by Gasteiger charge is -2.08. The fourth-order valence-electron chi connectivity index (χ4n) is 2.10. The number of hydrogen-bond acceptors (Lipinski definition) is 1. The van der Waals surface area contributed by atoms with Crippen molar-refractivity contribution in [3.05, 3.63) is 56.9 Å². The third-order valence-corrected chi connectivity index (χ3v) is 4.02. The number of hydrogen-bond donors (Lipinski definition) is 0. The Morgan fingerprint density at radius 1 is 1.16 bits per heavy atom. The van der Waals surface area contributed by atoms with Crippen LogP contribution in [0, 0.1) is 3.57 Å². The summed E-state index contributed by atoms with van der Waals surface area (Å²) >= 11 is 14.4. The predicted octanol–water partition coefficient (Wildman–Crippen LogP) is 5.02. The molecule has 1 aromatic heterocycles. The molecule has 96 valence electrons. The Labute approximate surface area is 134 Å². The van der Waals surface area contributed by atoms with Crippen molar-refractivity contribution in [3.63, 3.8) is 0 Å². The molecular formula is C14H9Cl2IN2. The topological polar surface area (TPSA) is 17.8 Å². The van der Waals surface area contributed by atoms with Gasteiger partial charge < -0.3 is 0 Å². The Morgan fingerprint density at radius 3 is 2.74 bits per heavy atom. The molecule has 0 saturated heterocycles. The van der Waals surface area contributed by atoms with Crippen LogP contribution in [0.3, 0.4) is 0 Å². The van der Waals surface area contributed by atoms with Crippen molar-refractivity contribution in [2.75, 3.05) is 0 Å². The first-order valence-electron chi connectivity index (χ1n) is 5.68. The number of fused-ring (bicyclic) bond motifs is 1. The summed E-state index contributed by atoms with van der Waals surface area (Å²) in [7, 11) is 0. The van der Waals surface area contributed by atoms with Crippen molar-refractivity contribution in [3.8, 4) is 5.69 Å². The summed E-state index contributed by atoms with van der Waals surface area (Å²) in [5.41, 5.74) is 2.97. The van der Waals surface area contributed by atoms with E-state index >= 15 is 0 Å². The molecule has 0 saturated carbocycles. The second-order valence-corrected chi connectivity index (χ2v) is 6.06. The summed E-state index contributed by atoms with van der Waals surface area (Å²) < 4.78 is 3.20. The molecule has 0 fully saturated rings. The second kappa shape index (κ2) is 5.31. The number of rotatable bonds is 2. The van der Waals surface area contributed by atoms with Crippen molar-refractivity contribution in [1.29, 1.82) is 0 Å². The highest BCUT2D eigenvalue weighted by Gasteiger charge is 2.12. The Kier molecular flexibility index (Phi) is 3.69. The van der Waals surface area contributed by atoms with E-state index in [2.05, 4.69) is 39.7 Å². The van der Waals surface area contributed by atoms with E-state index in [4.69, 9.17) is 23.2 Å². The van der Waals surface area contributed by atoms with Crippen molar-refractivity contribution in [2.45, 2.75) is 5.88 Å². The molecule has 0 aliphatic heterocycles. The monoisotopic (exact) mass is 402 g/mol. The fraction of sp³-hybridized carbons (Fsp3) is 0.0714. The minimum absolute atomic E-state index is 0.359. The van der Waals surface area contributed by atoms with Crippen LogP contribution in [0.5, 0.6) is 0 Å². The molecule has 0 radical (unpaired) electrons. The molecule has 1 heterocycles. The summed E-state index contributed by atoms with van der Waals surface area (Å²) in [6.07, 6.45) is 0. The second-order valence-electron chi connectivity index (χ2n) is 4.11. The SMILES string of the molecule is ClCc1nc2cc(I)ccc2n1-c1cccc(Cl)c1. The van der Waals surface area contributed by atoms with Crippen molar-refractivity contribution in [1.82, 2.24) is 9.55 Å². The summed E-state index contributed by atoms with van der Waals surface area (Å²) in [5, 5.41) is 0.699. The summed E-state index contributed by atoms with van der Waals surface area (Å²) in [6, 6.07) is 13.9. The number of alkyl halides is 1. The highest BCUT2D eigenvalue weighted by atomic mass is 127. The number of imidazole rings is 1. The highest BCUT2D eigenvalue weighted by molar-refractivity contribution is 14.1. The molecule has 0 unspecified atom stereocenters. The van der Waals surface area contributed by atoms with E-state index in [1.807, 2.05) is 34.9 Å². The van der Waals surface area contributed by atoms with Gasteiger partial charge in [0, 0.05) is 14.3 Å². The van der Waals surface area contributed by atoms with Crippen molar-refractivity contribution in [2.24, 2.45) is 0 Å². The first-order valence-corrected chi connectivity index (χ1v) is 7.67. The molecule has 3 aromatic rings. The molecule has 5 heteroatoms. The molecule has 3 rings (SSSR count). The Hall–Kier alpha value is -0.780. The van der Waals surface area contributed by atoms with Crippen LogP contribution in [0.15, 0.2) is 42.5 Å². The average Bonchev–Trinajstić information content (AvgIpc) is 2.76. The maximum Gasteiger partial charge on any atom is 0.129 e. The third kappa shape index (κ3) is 2.47. The first-order chi connectivity index (χ1) is 9.19. The highest BCUT2D eigenvalue weighted by Crippen LogP contribution is 2.25. The predicted molar refractivity (Wildman–Crippen MR) is 88.4 cm³/mol. The molecular weight excluding hydrogens is 394 g/mol. The zero-order chi connectivity index (χ0) is 13.4. The lowest BCUT2D eigenvalue weighted by Crippen LogP contribution is -1.98. The lowest BCUT2D eigenvalue weighted by molar-refractivity contribution is 0.982. The number of nitrogens with zero attached hydrogens (tertiary/aromatic N) is 2. The number of aromatic nitrogens is 2. The van der Waals surface area contributed by atoms with E-state index in [0.29, 0.717) is 10.9 Å². The molecule has 0 aliphatic rings. The van der Waals surface area contributed by atoms with Crippen molar-refractivity contribution >= 4 is 56.8 Å².